The van der Waals surface area contributed by atoms with Crippen molar-refractivity contribution in [3.8, 4) is 0 Å². The molecule has 0 saturated heterocycles. The minimum Gasteiger partial charge on any atom is -0.366 e. The molecule has 2 N–H and O–H groups in total. The zero-order valence-corrected chi connectivity index (χ0v) is 9.19. The minimum atomic E-state index is -1.78. The van der Waals surface area contributed by atoms with E-state index in [-0.39, 0.29) is 30.8 Å². The maximum absolute atomic E-state index is 11.1. The van der Waals surface area contributed by atoms with E-state index < -0.39 is 5.79 Å². The van der Waals surface area contributed by atoms with Crippen molar-refractivity contribution in [3.05, 3.63) is 12.2 Å². The number of carbonyl (C=O) groups is 2. The van der Waals surface area contributed by atoms with Crippen molar-refractivity contribution in [1.82, 2.24) is 0 Å². The number of hydrogen-bond donors (Lipinski definition) is 2. The molecule has 0 heterocycles. The molecule has 0 saturated carbocycles. The summed E-state index contributed by atoms with van der Waals surface area (Å²) < 4.78 is 0. The number of rotatable bonds is 7. The molecule has 4 nitrogen and oxygen atoms in total. The van der Waals surface area contributed by atoms with Crippen LogP contribution in [0.2, 0.25) is 0 Å². The number of ketones is 2. The Kier molecular flexibility index (Phi) is 6.05. The Morgan fingerprint density at radius 3 is 2.33 bits per heavy atom. The molecule has 0 amide bonds. The van der Waals surface area contributed by atoms with Crippen molar-refractivity contribution in [1.29, 1.82) is 0 Å². The fourth-order valence-corrected chi connectivity index (χ4v) is 0.936. The van der Waals surface area contributed by atoms with Gasteiger partial charge >= 0.3 is 0 Å². The van der Waals surface area contributed by atoms with Crippen LogP contribution in [0.25, 0.3) is 0 Å². The van der Waals surface area contributed by atoms with Gasteiger partial charge in [-0.2, -0.15) is 0 Å². The number of Topliss-reactive ketones (excluding diaryl/α,β-unsaturated/α-hetero) is 1. The highest BCUT2D eigenvalue weighted by molar-refractivity contribution is 5.92. The van der Waals surface area contributed by atoms with E-state index in [9.17, 15) is 9.59 Å². The summed E-state index contributed by atoms with van der Waals surface area (Å²) in [6, 6.07) is 0. The molecule has 0 rings (SSSR count). The Morgan fingerprint density at radius 2 is 1.87 bits per heavy atom. The van der Waals surface area contributed by atoms with Crippen LogP contribution in [0.1, 0.15) is 39.5 Å². The van der Waals surface area contributed by atoms with Crippen LogP contribution in [0.3, 0.4) is 0 Å². The fraction of sp³-hybridized carbons (Fsp3) is 0.636. The Hall–Kier alpha value is -1.00. The van der Waals surface area contributed by atoms with E-state index in [1.165, 1.54) is 19.1 Å². The van der Waals surface area contributed by atoms with Crippen LogP contribution in [0.15, 0.2) is 12.2 Å². The summed E-state index contributed by atoms with van der Waals surface area (Å²) in [4.78, 5) is 22.0. The van der Waals surface area contributed by atoms with Gasteiger partial charge in [-0.25, -0.2) is 0 Å². The quantitative estimate of drug-likeness (QED) is 0.489. The first-order chi connectivity index (χ1) is 6.85. The highest BCUT2D eigenvalue weighted by atomic mass is 16.5. The summed E-state index contributed by atoms with van der Waals surface area (Å²) in [6.07, 6.45) is 3.58. The van der Waals surface area contributed by atoms with Crippen LogP contribution < -0.4 is 0 Å². The maximum atomic E-state index is 11.1. The van der Waals surface area contributed by atoms with Crippen molar-refractivity contribution in [3.63, 3.8) is 0 Å². The third-order valence-corrected chi connectivity index (χ3v) is 1.85. The lowest BCUT2D eigenvalue weighted by atomic mass is 10.1. The first-order valence-electron chi connectivity index (χ1n) is 5.01. The van der Waals surface area contributed by atoms with Crippen molar-refractivity contribution in [2.45, 2.75) is 45.3 Å². The van der Waals surface area contributed by atoms with E-state index in [1.54, 1.807) is 6.92 Å². The lowest BCUT2D eigenvalue weighted by Crippen LogP contribution is -2.21. The van der Waals surface area contributed by atoms with Gasteiger partial charge in [-0.05, 0) is 13.0 Å². The summed E-state index contributed by atoms with van der Waals surface area (Å²) >= 11 is 0. The summed E-state index contributed by atoms with van der Waals surface area (Å²) in [7, 11) is 0. The molecular formula is C11H18O4. The van der Waals surface area contributed by atoms with Gasteiger partial charge in [0.05, 0.1) is 0 Å². The molecule has 0 radical (unpaired) electrons. The average Bonchev–Trinajstić information content (AvgIpc) is 2.12. The van der Waals surface area contributed by atoms with Crippen LogP contribution >= 0.6 is 0 Å². The Morgan fingerprint density at radius 1 is 1.27 bits per heavy atom. The Balaban J connectivity index is 3.79. The second-order valence-corrected chi connectivity index (χ2v) is 3.68. The van der Waals surface area contributed by atoms with Crippen LogP contribution in [0.5, 0.6) is 0 Å². The molecule has 15 heavy (non-hydrogen) atoms. The first kappa shape index (κ1) is 14.0. The van der Waals surface area contributed by atoms with E-state index in [0.29, 0.717) is 6.42 Å². The van der Waals surface area contributed by atoms with E-state index in [0.717, 1.165) is 0 Å². The maximum Gasteiger partial charge on any atom is 0.163 e. The summed E-state index contributed by atoms with van der Waals surface area (Å²) in [6.45, 7) is 2.99. The zero-order valence-electron chi connectivity index (χ0n) is 9.19. The molecule has 0 atom stereocenters. The smallest absolute Gasteiger partial charge is 0.163 e. The van der Waals surface area contributed by atoms with Gasteiger partial charge in [-0.15, -0.1) is 0 Å². The molecule has 0 aliphatic carbocycles. The molecular weight excluding hydrogens is 196 g/mol. The van der Waals surface area contributed by atoms with Crippen LogP contribution in [0, 0.1) is 0 Å². The van der Waals surface area contributed by atoms with E-state index >= 15 is 0 Å². The number of allylic oxidation sites excluding steroid dienone is 1. The minimum absolute atomic E-state index is 0.000461. The third kappa shape index (κ3) is 9.31. The Labute approximate surface area is 89.6 Å². The van der Waals surface area contributed by atoms with Crippen molar-refractivity contribution in [2.24, 2.45) is 0 Å². The second-order valence-electron chi connectivity index (χ2n) is 3.68. The SMILES string of the molecule is CCC(=O)CCC(=O)/C=C/CC(C)(O)O. The molecule has 0 aliphatic heterocycles. The van der Waals surface area contributed by atoms with Crippen molar-refractivity contribution >= 4 is 11.6 Å². The Bertz CT molecular complexity index is 248. The fourth-order valence-electron chi connectivity index (χ4n) is 0.936. The van der Waals surface area contributed by atoms with Gasteiger partial charge < -0.3 is 10.2 Å². The molecule has 0 bridgehead atoms. The molecule has 4 heteroatoms. The number of aliphatic hydroxyl groups is 2. The van der Waals surface area contributed by atoms with Gasteiger partial charge in [0.2, 0.25) is 0 Å². The molecule has 0 spiro atoms. The van der Waals surface area contributed by atoms with Gasteiger partial charge in [0, 0.05) is 25.7 Å². The van der Waals surface area contributed by atoms with E-state index in [2.05, 4.69) is 0 Å². The number of hydrogen-bond acceptors (Lipinski definition) is 4. The van der Waals surface area contributed by atoms with Gasteiger partial charge in [-0.1, -0.05) is 13.0 Å². The standard InChI is InChI=1S/C11H18O4/c1-3-9(12)6-7-10(13)5-4-8-11(2,14)15/h4-5,14-15H,3,6-8H2,1-2H3/b5-4+. The average molecular weight is 214 g/mol. The van der Waals surface area contributed by atoms with Crippen LogP contribution in [0.4, 0.5) is 0 Å². The highest BCUT2D eigenvalue weighted by Gasteiger charge is 2.11. The van der Waals surface area contributed by atoms with Crippen LogP contribution in [-0.2, 0) is 9.59 Å². The first-order valence-corrected chi connectivity index (χ1v) is 5.01. The van der Waals surface area contributed by atoms with Crippen molar-refractivity contribution < 1.29 is 19.8 Å². The van der Waals surface area contributed by atoms with E-state index in [4.69, 9.17) is 10.2 Å². The van der Waals surface area contributed by atoms with Gasteiger partial charge in [0.1, 0.15) is 5.78 Å². The van der Waals surface area contributed by atoms with Gasteiger partial charge in [-0.3, -0.25) is 9.59 Å². The van der Waals surface area contributed by atoms with E-state index in [1.807, 2.05) is 0 Å². The molecule has 0 aromatic heterocycles. The molecule has 0 aromatic rings. The van der Waals surface area contributed by atoms with Gasteiger partial charge in [0.15, 0.2) is 11.6 Å². The number of carbonyl (C=O) groups excluding carboxylic acids is 2. The lowest BCUT2D eigenvalue weighted by Gasteiger charge is -2.11. The summed E-state index contributed by atoms with van der Waals surface area (Å²) in [5.74, 6) is -1.89. The summed E-state index contributed by atoms with van der Waals surface area (Å²) in [5, 5.41) is 17.9. The zero-order chi connectivity index (χ0) is 11.9. The van der Waals surface area contributed by atoms with Crippen molar-refractivity contribution in [2.75, 3.05) is 0 Å². The molecule has 0 unspecified atom stereocenters. The largest absolute Gasteiger partial charge is 0.366 e. The summed E-state index contributed by atoms with van der Waals surface area (Å²) in [5.41, 5.74) is 0. The second kappa shape index (κ2) is 6.48. The molecule has 0 fully saturated rings. The lowest BCUT2D eigenvalue weighted by molar-refractivity contribution is -0.140. The molecule has 0 aromatic carbocycles. The third-order valence-electron chi connectivity index (χ3n) is 1.85. The highest BCUT2D eigenvalue weighted by Crippen LogP contribution is 2.05. The predicted octanol–water partition coefficient (Wildman–Crippen LogP) is 0.962. The molecule has 86 valence electrons. The van der Waals surface area contributed by atoms with Gasteiger partial charge in [0.25, 0.3) is 0 Å². The monoisotopic (exact) mass is 214 g/mol. The van der Waals surface area contributed by atoms with Crippen LogP contribution in [-0.4, -0.2) is 27.6 Å². The molecule has 0 aliphatic rings. The predicted molar refractivity (Wildman–Crippen MR) is 56.1 cm³/mol. The normalized spacial score (nSPS) is 12.0. The topological polar surface area (TPSA) is 74.6 Å².